The van der Waals surface area contributed by atoms with E-state index in [1.54, 1.807) is 0 Å². The number of halogens is 1. The summed E-state index contributed by atoms with van der Waals surface area (Å²) in [6, 6.07) is 6.24. The minimum absolute atomic E-state index is 0.265. The van der Waals surface area contributed by atoms with E-state index in [1.165, 1.54) is 25.7 Å². The van der Waals surface area contributed by atoms with Crippen LogP contribution in [0.1, 0.15) is 44.2 Å². The number of ether oxygens (including phenoxy) is 1. The van der Waals surface area contributed by atoms with E-state index >= 15 is 0 Å². The second-order valence-electron chi connectivity index (χ2n) is 5.13. The molecule has 2 nitrogen and oxygen atoms in total. The Morgan fingerprint density at radius 2 is 2.22 bits per heavy atom. The summed E-state index contributed by atoms with van der Waals surface area (Å²) in [7, 11) is 1.93. The average molecular weight is 268 g/mol. The van der Waals surface area contributed by atoms with E-state index in [4.69, 9.17) is 16.3 Å². The van der Waals surface area contributed by atoms with Crippen LogP contribution in [0.15, 0.2) is 18.2 Å². The van der Waals surface area contributed by atoms with Gasteiger partial charge in [0.1, 0.15) is 5.75 Å². The molecule has 1 N–H and O–H groups in total. The maximum absolute atomic E-state index is 6.26. The molecule has 0 heterocycles. The first-order valence-electron chi connectivity index (χ1n) is 6.80. The van der Waals surface area contributed by atoms with E-state index in [0.29, 0.717) is 0 Å². The zero-order valence-electron chi connectivity index (χ0n) is 11.2. The maximum atomic E-state index is 6.26. The van der Waals surface area contributed by atoms with Gasteiger partial charge in [0.2, 0.25) is 0 Å². The smallest absolute Gasteiger partial charge is 0.120 e. The van der Waals surface area contributed by atoms with Crippen molar-refractivity contribution in [1.29, 1.82) is 0 Å². The fourth-order valence-electron chi connectivity index (χ4n) is 2.23. The average Bonchev–Trinajstić information content (AvgIpc) is 2.31. The van der Waals surface area contributed by atoms with Crippen LogP contribution >= 0.6 is 11.6 Å². The highest BCUT2D eigenvalue weighted by molar-refractivity contribution is 6.31. The Labute approximate surface area is 115 Å². The van der Waals surface area contributed by atoms with Gasteiger partial charge in [-0.25, -0.2) is 0 Å². The van der Waals surface area contributed by atoms with Crippen LogP contribution in [0.25, 0.3) is 0 Å². The molecule has 1 aromatic carbocycles. The first kappa shape index (κ1) is 13.7. The minimum Gasteiger partial charge on any atom is -0.494 e. The summed E-state index contributed by atoms with van der Waals surface area (Å²) < 4.78 is 5.76. The quantitative estimate of drug-likeness (QED) is 0.834. The Bertz CT molecular complexity index is 390. The first-order valence-corrected chi connectivity index (χ1v) is 7.18. The molecule has 1 atom stereocenters. The standard InChI is InChI=1S/C15H22ClNO/c1-11(17-2)14-7-6-13(10-15(14)16)18-9-8-12-4-3-5-12/h6-7,10-12,17H,3-5,8-9H2,1-2H3. The van der Waals surface area contributed by atoms with Gasteiger partial charge in [0.25, 0.3) is 0 Å². The van der Waals surface area contributed by atoms with Crippen LogP contribution in [0.3, 0.4) is 0 Å². The van der Waals surface area contributed by atoms with Crippen LogP contribution in [0.2, 0.25) is 5.02 Å². The van der Waals surface area contributed by atoms with E-state index in [9.17, 15) is 0 Å². The molecule has 0 spiro atoms. The molecule has 0 amide bonds. The molecule has 100 valence electrons. The zero-order chi connectivity index (χ0) is 13.0. The fraction of sp³-hybridized carbons (Fsp3) is 0.600. The Hall–Kier alpha value is -0.730. The SMILES string of the molecule is CNC(C)c1ccc(OCCC2CCC2)cc1Cl. The molecular weight excluding hydrogens is 246 g/mol. The second-order valence-corrected chi connectivity index (χ2v) is 5.53. The number of hydrogen-bond donors (Lipinski definition) is 1. The van der Waals surface area contributed by atoms with Gasteiger partial charge in [-0.2, -0.15) is 0 Å². The molecule has 1 aliphatic carbocycles. The molecule has 1 saturated carbocycles. The lowest BCUT2D eigenvalue weighted by molar-refractivity contribution is 0.222. The number of benzene rings is 1. The van der Waals surface area contributed by atoms with Crippen LogP contribution in [0.4, 0.5) is 0 Å². The molecule has 0 radical (unpaired) electrons. The lowest BCUT2D eigenvalue weighted by Crippen LogP contribution is -2.15. The number of hydrogen-bond acceptors (Lipinski definition) is 2. The lowest BCUT2D eigenvalue weighted by atomic mass is 9.83. The molecular formula is C15H22ClNO. The van der Waals surface area contributed by atoms with E-state index in [1.807, 2.05) is 25.2 Å². The van der Waals surface area contributed by atoms with E-state index < -0.39 is 0 Å². The molecule has 1 unspecified atom stereocenters. The minimum atomic E-state index is 0.265. The Kier molecular flexibility index (Phi) is 4.90. The van der Waals surface area contributed by atoms with Crippen molar-refractivity contribution in [2.75, 3.05) is 13.7 Å². The first-order chi connectivity index (χ1) is 8.70. The van der Waals surface area contributed by atoms with E-state index in [2.05, 4.69) is 12.2 Å². The van der Waals surface area contributed by atoms with Crippen LogP contribution in [0.5, 0.6) is 5.75 Å². The van der Waals surface area contributed by atoms with Gasteiger partial charge in [0, 0.05) is 11.1 Å². The van der Waals surface area contributed by atoms with Crippen molar-refractivity contribution in [1.82, 2.24) is 5.32 Å². The summed E-state index contributed by atoms with van der Waals surface area (Å²) >= 11 is 6.26. The molecule has 1 aliphatic rings. The molecule has 0 aliphatic heterocycles. The number of rotatable bonds is 6. The van der Waals surface area contributed by atoms with Gasteiger partial charge in [0.15, 0.2) is 0 Å². The highest BCUT2D eigenvalue weighted by Crippen LogP contribution is 2.30. The normalized spacial score (nSPS) is 17.3. The summed E-state index contributed by atoms with van der Waals surface area (Å²) in [4.78, 5) is 0. The molecule has 0 saturated heterocycles. The lowest BCUT2D eigenvalue weighted by Gasteiger charge is -2.25. The molecule has 0 bridgehead atoms. The Morgan fingerprint density at radius 3 is 2.78 bits per heavy atom. The highest BCUT2D eigenvalue weighted by atomic mass is 35.5. The van der Waals surface area contributed by atoms with Crippen molar-refractivity contribution in [3.63, 3.8) is 0 Å². The molecule has 0 aromatic heterocycles. The van der Waals surface area contributed by atoms with Crippen molar-refractivity contribution in [3.8, 4) is 5.75 Å². The Morgan fingerprint density at radius 1 is 1.44 bits per heavy atom. The third-order valence-electron chi connectivity index (χ3n) is 3.89. The maximum Gasteiger partial charge on any atom is 0.120 e. The third kappa shape index (κ3) is 3.39. The molecule has 18 heavy (non-hydrogen) atoms. The largest absolute Gasteiger partial charge is 0.494 e. The zero-order valence-corrected chi connectivity index (χ0v) is 12.0. The van der Waals surface area contributed by atoms with Gasteiger partial charge < -0.3 is 10.1 Å². The third-order valence-corrected chi connectivity index (χ3v) is 4.22. The van der Waals surface area contributed by atoms with Gasteiger partial charge >= 0.3 is 0 Å². The van der Waals surface area contributed by atoms with Crippen molar-refractivity contribution < 1.29 is 4.74 Å². The van der Waals surface area contributed by atoms with E-state index in [-0.39, 0.29) is 6.04 Å². The van der Waals surface area contributed by atoms with Crippen LogP contribution in [0, 0.1) is 5.92 Å². The van der Waals surface area contributed by atoms with Gasteiger partial charge in [-0.1, -0.05) is 36.9 Å². The van der Waals surface area contributed by atoms with Crippen molar-refractivity contribution in [2.24, 2.45) is 5.92 Å². The highest BCUT2D eigenvalue weighted by Gasteiger charge is 2.17. The van der Waals surface area contributed by atoms with Crippen molar-refractivity contribution >= 4 is 11.6 Å². The summed E-state index contributed by atoms with van der Waals surface area (Å²) in [6.07, 6.45) is 5.32. The van der Waals surface area contributed by atoms with Gasteiger partial charge in [-0.3, -0.25) is 0 Å². The summed E-state index contributed by atoms with van der Waals surface area (Å²) in [5.74, 6) is 1.77. The van der Waals surface area contributed by atoms with E-state index in [0.717, 1.165) is 28.9 Å². The van der Waals surface area contributed by atoms with Gasteiger partial charge in [0.05, 0.1) is 6.61 Å². The van der Waals surface area contributed by atoms with Crippen molar-refractivity contribution in [2.45, 2.75) is 38.6 Å². The molecule has 1 fully saturated rings. The van der Waals surface area contributed by atoms with Gasteiger partial charge in [-0.05, 0) is 44.0 Å². The predicted octanol–water partition coefficient (Wildman–Crippen LogP) is 4.19. The summed E-state index contributed by atoms with van der Waals surface area (Å²) in [6.45, 7) is 2.90. The van der Waals surface area contributed by atoms with Crippen molar-refractivity contribution in [3.05, 3.63) is 28.8 Å². The fourth-order valence-corrected chi connectivity index (χ4v) is 2.56. The topological polar surface area (TPSA) is 21.3 Å². The van der Waals surface area contributed by atoms with Crippen LogP contribution in [-0.2, 0) is 0 Å². The Balaban J connectivity index is 1.87. The van der Waals surface area contributed by atoms with Crippen LogP contribution < -0.4 is 10.1 Å². The number of nitrogens with one attached hydrogen (secondary N) is 1. The molecule has 2 rings (SSSR count). The van der Waals surface area contributed by atoms with Gasteiger partial charge in [-0.15, -0.1) is 0 Å². The second kappa shape index (κ2) is 6.44. The van der Waals surface area contributed by atoms with Crippen LogP contribution in [-0.4, -0.2) is 13.7 Å². The monoisotopic (exact) mass is 267 g/mol. The molecule has 3 heteroatoms. The molecule has 1 aromatic rings. The summed E-state index contributed by atoms with van der Waals surface area (Å²) in [5, 5.41) is 3.97. The predicted molar refractivity (Wildman–Crippen MR) is 76.4 cm³/mol. The summed E-state index contributed by atoms with van der Waals surface area (Å²) in [5.41, 5.74) is 1.12.